The summed E-state index contributed by atoms with van der Waals surface area (Å²) in [4.78, 5) is 13.5. The van der Waals surface area contributed by atoms with Crippen LogP contribution < -0.4 is 5.32 Å². The van der Waals surface area contributed by atoms with Crippen molar-refractivity contribution in [2.24, 2.45) is 0 Å². The van der Waals surface area contributed by atoms with Crippen molar-refractivity contribution in [2.45, 2.75) is 13.5 Å². The largest absolute Gasteiger partial charge is 0.467 e. The molecule has 0 aliphatic rings. The van der Waals surface area contributed by atoms with E-state index in [4.69, 9.17) is 4.42 Å². The van der Waals surface area contributed by atoms with E-state index >= 15 is 0 Å². The fourth-order valence-electron chi connectivity index (χ4n) is 1.86. The van der Waals surface area contributed by atoms with Crippen molar-refractivity contribution in [2.75, 3.05) is 19.4 Å². The Hall–Kier alpha value is -2.23. The number of benzene rings is 1. The molecular formula is C15H18N2O2. The van der Waals surface area contributed by atoms with Crippen LogP contribution in [-0.2, 0) is 6.54 Å². The van der Waals surface area contributed by atoms with Gasteiger partial charge in [-0.3, -0.25) is 4.79 Å². The van der Waals surface area contributed by atoms with Crippen LogP contribution in [0.1, 0.15) is 21.7 Å². The van der Waals surface area contributed by atoms with Crippen LogP contribution in [-0.4, -0.2) is 24.9 Å². The van der Waals surface area contributed by atoms with Crippen LogP contribution in [0.15, 0.2) is 41.0 Å². The summed E-state index contributed by atoms with van der Waals surface area (Å²) in [6, 6.07) is 9.51. The molecule has 1 heterocycles. The molecule has 0 atom stereocenters. The minimum atomic E-state index is 0.0232. The highest BCUT2D eigenvalue weighted by Crippen LogP contribution is 2.17. The molecule has 4 heteroatoms. The van der Waals surface area contributed by atoms with E-state index in [0.717, 1.165) is 22.6 Å². The van der Waals surface area contributed by atoms with Crippen molar-refractivity contribution in [3.05, 3.63) is 53.5 Å². The van der Waals surface area contributed by atoms with E-state index in [1.54, 1.807) is 25.3 Å². The van der Waals surface area contributed by atoms with E-state index in [1.807, 2.05) is 37.3 Å². The third-order valence-electron chi connectivity index (χ3n) is 2.91. The molecule has 0 aliphatic heterocycles. The second-order valence-corrected chi connectivity index (χ2v) is 4.66. The van der Waals surface area contributed by atoms with Gasteiger partial charge >= 0.3 is 0 Å². The quantitative estimate of drug-likeness (QED) is 0.917. The van der Waals surface area contributed by atoms with Gasteiger partial charge in [0, 0.05) is 25.3 Å². The number of nitrogens with zero attached hydrogens (tertiary/aromatic N) is 1. The molecule has 0 fully saturated rings. The zero-order valence-corrected chi connectivity index (χ0v) is 11.4. The maximum Gasteiger partial charge on any atom is 0.253 e. The van der Waals surface area contributed by atoms with E-state index in [-0.39, 0.29) is 5.91 Å². The van der Waals surface area contributed by atoms with Gasteiger partial charge in [-0.15, -0.1) is 0 Å². The first-order valence-electron chi connectivity index (χ1n) is 6.16. The van der Waals surface area contributed by atoms with Gasteiger partial charge in [0.2, 0.25) is 0 Å². The third kappa shape index (κ3) is 3.16. The van der Waals surface area contributed by atoms with Crippen LogP contribution in [0.2, 0.25) is 0 Å². The normalized spacial score (nSPS) is 10.3. The van der Waals surface area contributed by atoms with E-state index < -0.39 is 0 Å². The third-order valence-corrected chi connectivity index (χ3v) is 2.91. The molecule has 2 rings (SSSR count). The summed E-state index contributed by atoms with van der Waals surface area (Å²) < 4.78 is 5.26. The van der Waals surface area contributed by atoms with Crippen LogP contribution in [0.4, 0.5) is 5.69 Å². The zero-order chi connectivity index (χ0) is 13.8. The van der Waals surface area contributed by atoms with Crippen molar-refractivity contribution in [1.82, 2.24) is 4.90 Å². The molecule has 1 N–H and O–H groups in total. The highest BCUT2D eigenvalue weighted by atomic mass is 16.3. The predicted molar refractivity (Wildman–Crippen MR) is 75.2 cm³/mol. The van der Waals surface area contributed by atoms with Crippen molar-refractivity contribution >= 4 is 11.6 Å². The Balaban J connectivity index is 2.08. The van der Waals surface area contributed by atoms with Crippen LogP contribution in [0.3, 0.4) is 0 Å². The number of rotatable bonds is 4. The van der Waals surface area contributed by atoms with Gasteiger partial charge < -0.3 is 14.6 Å². The number of carbonyl (C=O) groups is 1. The van der Waals surface area contributed by atoms with E-state index in [9.17, 15) is 4.79 Å². The lowest BCUT2D eigenvalue weighted by atomic mass is 10.1. The number of hydrogen-bond donors (Lipinski definition) is 1. The average Bonchev–Trinajstić information content (AvgIpc) is 2.88. The molecule has 0 unspecified atom stereocenters. The van der Waals surface area contributed by atoms with Crippen LogP contribution in [0.5, 0.6) is 0 Å². The van der Waals surface area contributed by atoms with Crippen LogP contribution in [0.25, 0.3) is 0 Å². The fourth-order valence-corrected chi connectivity index (χ4v) is 1.86. The maximum atomic E-state index is 11.9. The summed E-state index contributed by atoms with van der Waals surface area (Å²) >= 11 is 0. The second-order valence-electron chi connectivity index (χ2n) is 4.66. The van der Waals surface area contributed by atoms with Gasteiger partial charge in [0.15, 0.2) is 0 Å². The number of anilines is 1. The lowest BCUT2D eigenvalue weighted by Gasteiger charge is -2.13. The molecule has 0 aliphatic carbocycles. The lowest BCUT2D eigenvalue weighted by molar-refractivity contribution is 0.0827. The number of nitrogens with one attached hydrogen (secondary N) is 1. The fraction of sp³-hybridized carbons (Fsp3) is 0.267. The Labute approximate surface area is 113 Å². The number of hydrogen-bond acceptors (Lipinski definition) is 3. The molecule has 1 aromatic heterocycles. The molecule has 1 amide bonds. The first kappa shape index (κ1) is 13.2. The standard InChI is InChI=1S/C15H18N2O2/c1-11-9-12(16-10-13-5-4-8-19-13)6-7-14(11)15(18)17(2)3/h4-9,16H,10H2,1-3H3. The van der Waals surface area contributed by atoms with E-state index in [1.165, 1.54) is 0 Å². The summed E-state index contributed by atoms with van der Waals surface area (Å²) in [6.45, 7) is 2.57. The molecule has 1 aromatic carbocycles. The van der Waals surface area contributed by atoms with Gasteiger partial charge in [0.1, 0.15) is 5.76 Å². The van der Waals surface area contributed by atoms with E-state index in [0.29, 0.717) is 6.54 Å². The smallest absolute Gasteiger partial charge is 0.253 e. The highest BCUT2D eigenvalue weighted by Gasteiger charge is 2.11. The summed E-state index contributed by atoms with van der Waals surface area (Å²) in [5.41, 5.74) is 2.67. The number of amides is 1. The van der Waals surface area contributed by atoms with Crippen molar-refractivity contribution < 1.29 is 9.21 Å². The summed E-state index contributed by atoms with van der Waals surface area (Å²) in [6.07, 6.45) is 1.65. The van der Waals surface area contributed by atoms with Gasteiger partial charge in [-0.2, -0.15) is 0 Å². The zero-order valence-electron chi connectivity index (χ0n) is 11.4. The van der Waals surface area contributed by atoms with Gasteiger partial charge in [0.05, 0.1) is 12.8 Å². The lowest BCUT2D eigenvalue weighted by Crippen LogP contribution is -2.22. The first-order valence-corrected chi connectivity index (χ1v) is 6.16. The Morgan fingerprint density at radius 1 is 1.32 bits per heavy atom. The van der Waals surface area contributed by atoms with Crippen LogP contribution >= 0.6 is 0 Å². The molecule has 2 aromatic rings. The Morgan fingerprint density at radius 3 is 2.68 bits per heavy atom. The van der Waals surface area contributed by atoms with Gasteiger partial charge in [-0.05, 0) is 42.8 Å². The number of aryl methyl sites for hydroxylation is 1. The van der Waals surface area contributed by atoms with Gasteiger partial charge in [-0.25, -0.2) is 0 Å². The van der Waals surface area contributed by atoms with Gasteiger partial charge in [-0.1, -0.05) is 0 Å². The minimum Gasteiger partial charge on any atom is -0.467 e. The molecule has 0 spiro atoms. The molecule has 0 saturated heterocycles. The van der Waals surface area contributed by atoms with Gasteiger partial charge in [0.25, 0.3) is 5.91 Å². The molecule has 0 saturated carbocycles. The van der Waals surface area contributed by atoms with Crippen molar-refractivity contribution in [3.63, 3.8) is 0 Å². The Kier molecular flexibility index (Phi) is 3.90. The van der Waals surface area contributed by atoms with Crippen LogP contribution in [0, 0.1) is 6.92 Å². The molecule has 0 bridgehead atoms. The average molecular weight is 258 g/mol. The Bertz CT molecular complexity index is 560. The molecular weight excluding hydrogens is 240 g/mol. The number of carbonyl (C=O) groups excluding carboxylic acids is 1. The molecule has 19 heavy (non-hydrogen) atoms. The summed E-state index contributed by atoms with van der Waals surface area (Å²) in [5.74, 6) is 0.904. The summed E-state index contributed by atoms with van der Waals surface area (Å²) in [7, 11) is 3.51. The van der Waals surface area contributed by atoms with Crippen molar-refractivity contribution in [3.8, 4) is 0 Å². The maximum absolute atomic E-state index is 11.9. The Morgan fingerprint density at radius 2 is 2.11 bits per heavy atom. The minimum absolute atomic E-state index is 0.0232. The first-order chi connectivity index (χ1) is 9.08. The van der Waals surface area contributed by atoms with Crippen molar-refractivity contribution in [1.29, 1.82) is 0 Å². The topological polar surface area (TPSA) is 45.5 Å². The molecule has 0 radical (unpaired) electrons. The summed E-state index contributed by atoms with van der Waals surface area (Å²) in [5, 5.41) is 3.26. The monoisotopic (exact) mass is 258 g/mol. The second kappa shape index (κ2) is 5.61. The highest BCUT2D eigenvalue weighted by molar-refractivity contribution is 5.95. The SMILES string of the molecule is Cc1cc(NCc2ccco2)ccc1C(=O)N(C)C. The molecule has 100 valence electrons. The number of furan rings is 1. The predicted octanol–water partition coefficient (Wildman–Crippen LogP) is 2.90. The van der Waals surface area contributed by atoms with E-state index in [2.05, 4.69) is 5.32 Å². The molecule has 4 nitrogen and oxygen atoms in total.